The van der Waals surface area contributed by atoms with E-state index in [0.717, 1.165) is 61.2 Å². The van der Waals surface area contributed by atoms with E-state index in [-0.39, 0.29) is 0 Å². The quantitative estimate of drug-likeness (QED) is 0.931. The van der Waals surface area contributed by atoms with Gasteiger partial charge in [0.2, 0.25) is 5.95 Å². The van der Waals surface area contributed by atoms with Gasteiger partial charge in [-0.25, -0.2) is 9.97 Å². The first kappa shape index (κ1) is 16.3. The summed E-state index contributed by atoms with van der Waals surface area (Å²) in [4.78, 5) is 12.3. The topological polar surface area (TPSA) is 50.3 Å². The van der Waals surface area contributed by atoms with Crippen LogP contribution in [0.4, 0.5) is 5.95 Å². The van der Waals surface area contributed by atoms with Gasteiger partial charge in [-0.2, -0.15) is 0 Å². The normalized spacial score (nSPS) is 17.7. The maximum Gasteiger partial charge on any atom is 0.226 e. The Morgan fingerprint density at radius 3 is 2.48 bits per heavy atom. The van der Waals surface area contributed by atoms with Gasteiger partial charge in [0.1, 0.15) is 5.75 Å². The largest absolute Gasteiger partial charge is 0.497 e. The molecule has 0 amide bonds. The second-order valence-electron chi connectivity index (χ2n) is 6.85. The zero-order chi connectivity index (χ0) is 17.1. The van der Waals surface area contributed by atoms with Gasteiger partial charge in [-0.1, -0.05) is 12.8 Å². The second-order valence-corrected chi connectivity index (χ2v) is 6.85. The number of benzene rings is 1. The van der Waals surface area contributed by atoms with Crippen molar-refractivity contribution in [2.45, 2.75) is 38.6 Å². The van der Waals surface area contributed by atoms with Gasteiger partial charge >= 0.3 is 0 Å². The highest BCUT2D eigenvalue weighted by atomic mass is 16.5. The Bertz CT molecular complexity index is 721. The molecule has 1 N–H and O–H groups in total. The van der Waals surface area contributed by atoms with Gasteiger partial charge in [0, 0.05) is 30.8 Å². The molecule has 0 spiro atoms. The fraction of sp³-hybridized carbons (Fsp3) is 0.500. The van der Waals surface area contributed by atoms with Gasteiger partial charge in [0.25, 0.3) is 0 Å². The van der Waals surface area contributed by atoms with Crippen LogP contribution in [0.2, 0.25) is 0 Å². The van der Waals surface area contributed by atoms with E-state index in [2.05, 4.69) is 22.3 Å². The number of hydrogen-bond donors (Lipinski definition) is 1. The maximum atomic E-state index is 5.30. The van der Waals surface area contributed by atoms with Gasteiger partial charge in [0.15, 0.2) is 0 Å². The molecule has 3 heterocycles. The summed E-state index contributed by atoms with van der Waals surface area (Å²) in [6, 6.07) is 8.23. The number of fused-ring (bicyclic) bond motifs is 1. The molecule has 5 heteroatoms. The smallest absolute Gasteiger partial charge is 0.226 e. The minimum absolute atomic E-state index is 0.835. The highest BCUT2D eigenvalue weighted by Gasteiger charge is 2.21. The fourth-order valence-electron chi connectivity index (χ4n) is 3.75. The van der Waals surface area contributed by atoms with Crippen LogP contribution in [0.5, 0.6) is 5.75 Å². The standard InChI is InChI=1S/C20H26N4O/c1-25-16-8-6-15(7-9-16)19-17-10-11-21-14-18(17)22-20(23-19)24-12-4-2-3-5-13-24/h6-9,21H,2-5,10-14H2,1H3. The number of rotatable bonds is 3. The first-order valence-electron chi connectivity index (χ1n) is 9.35. The van der Waals surface area contributed by atoms with Gasteiger partial charge < -0.3 is 15.0 Å². The van der Waals surface area contributed by atoms with Crippen LogP contribution < -0.4 is 15.0 Å². The summed E-state index contributed by atoms with van der Waals surface area (Å²) in [5.41, 5.74) is 4.69. The lowest BCUT2D eigenvalue weighted by Crippen LogP contribution is -2.30. The summed E-state index contributed by atoms with van der Waals surface area (Å²) in [5, 5.41) is 3.45. The summed E-state index contributed by atoms with van der Waals surface area (Å²) in [5.74, 6) is 1.77. The predicted octanol–water partition coefficient (Wildman–Crippen LogP) is 3.18. The molecule has 4 rings (SSSR count). The zero-order valence-corrected chi connectivity index (χ0v) is 14.9. The van der Waals surface area contributed by atoms with E-state index in [1.807, 2.05) is 12.1 Å². The number of nitrogens with zero attached hydrogens (tertiary/aromatic N) is 3. The molecular weight excluding hydrogens is 312 g/mol. The molecule has 132 valence electrons. The van der Waals surface area contributed by atoms with Crippen molar-refractivity contribution in [1.29, 1.82) is 0 Å². The van der Waals surface area contributed by atoms with Crippen molar-refractivity contribution in [3.8, 4) is 17.0 Å². The van der Waals surface area contributed by atoms with Crippen LogP contribution >= 0.6 is 0 Å². The number of nitrogens with one attached hydrogen (secondary N) is 1. The average molecular weight is 338 g/mol. The lowest BCUT2D eigenvalue weighted by Gasteiger charge is -2.25. The Balaban J connectivity index is 1.76. The minimum Gasteiger partial charge on any atom is -0.497 e. The molecule has 1 aromatic heterocycles. The Kier molecular flexibility index (Phi) is 4.83. The summed E-state index contributed by atoms with van der Waals surface area (Å²) in [6.07, 6.45) is 6.08. The van der Waals surface area contributed by atoms with Crippen molar-refractivity contribution in [2.24, 2.45) is 0 Å². The number of aromatic nitrogens is 2. The number of ether oxygens (including phenoxy) is 1. The summed E-state index contributed by atoms with van der Waals surface area (Å²) < 4.78 is 5.30. The van der Waals surface area contributed by atoms with Crippen LogP contribution in [0.1, 0.15) is 36.9 Å². The van der Waals surface area contributed by atoms with Crippen molar-refractivity contribution < 1.29 is 4.74 Å². The lowest BCUT2D eigenvalue weighted by atomic mass is 9.99. The highest BCUT2D eigenvalue weighted by Crippen LogP contribution is 2.30. The zero-order valence-electron chi connectivity index (χ0n) is 14.9. The van der Waals surface area contributed by atoms with Crippen molar-refractivity contribution in [1.82, 2.24) is 15.3 Å². The first-order valence-corrected chi connectivity index (χ1v) is 9.35. The number of methoxy groups -OCH3 is 1. The second kappa shape index (κ2) is 7.40. The third kappa shape index (κ3) is 3.47. The summed E-state index contributed by atoms with van der Waals surface area (Å²) in [6.45, 7) is 3.95. The molecule has 0 aliphatic carbocycles. The molecular formula is C20H26N4O. The predicted molar refractivity (Wildman–Crippen MR) is 100 cm³/mol. The van der Waals surface area contributed by atoms with Crippen molar-refractivity contribution in [2.75, 3.05) is 31.6 Å². The molecule has 0 bridgehead atoms. The van der Waals surface area contributed by atoms with Gasteiger partial charge in [-0.3, -0.25) is 0 Å². The molecule has 0 saturated carbocycles. The van der Waals surface area contributed by atoms with E-state index in [9.17, 15) is 0 Å². The van der Waals surface area contributed by atoms with E-state index < -0.39 is 0 Å². The molecule has 2 aliphatic heterocycles. The molecule has 0 unspecified atom stereocenters. The molecule has 2 aromatic rings. The maximum absolute atomic E-state index is 5.30. The van der Waals surface area contributed by atoms with E-state index in [1.165, 1.54) is 31.2 Å². The van der Waals surface area contributed by atoms with Crippen LogP contribution in [0.25, 0.3) is 11.3 Å². The van der Waals surface area contributed by atoms with Crippen LogP contribution in [-0.2, 0) is 13.0 Å². The number of hydrogen-bond acceptors (Lipinski definition) is 5. The summed E-state index contributed by atoms with van der Waals surface area (Å²) in [7, 11) is 1.70. The van der Waals surface area contributed by atoms with Crippen molar-refractivity contribution in [3.05, 3.63) is 35.5 Å². The first-order chi connectivity index (χ1) is 12.3. The monoisotopic (exact) mass is 338 g/mol. The van der Waals surface area contributed by atoms with E-state index in [0.29, 0.717) is 0 Å². The Labute approximate surface area is 149 Å². The Hall–Kier alpha value is -2.14. The van der Waals surface area contributed by atoms with Crippen molar-refractivity contribution >= 4 is 5.95 Å². The van der Waals surface area contributed by atoms with Crippen LogP contribution in [0, 0.1) is 0 Å². The van der Waals surface area contributed by atoms with Crippen LogP contribution in [-0.4, -0.2) is 36.7 Å². The van der Waals surface area contributed by atoms with Crippen LogP contribution in [0.3, 0.4) is 0 Å². The third-order valence-electron chi connectivity index (χ3n) is 5.18. The number of anilines is 1. The molecule has 25 heavy (non-hydrogen) atoms. The van der Waals surface area contributed by atoms with Gasteiger partial charge in [0.05, 0.1) is 18.5 Å². The van der Waals surface area contributed by atoms with Crippen LogP contribution in [0.15, 0.2) is 24.3 Å². The molecule has 1 saturated heterocycles. The average Bonchev–Trinajstić information content (AvgIpc) is 2.97. The molecule has 2 aliphatic rings. The Morgan fingerprint density at radius 2 is 1.76 bits per heavy atom. The fourth-order valence-corrected chi connectivity index (χ4v) is 3.75. The van der Waals surface area contributed by atoms with Gasteiger partial charge in [-0.05, 0) is 50.1 Å². The summed E-state index contributed by atoms with van der Waals surface area (Å²) >= 11 is 0. The third-order valence-corrected chi connectivity index (χ3v) is 5.18. The van der Waals surface area contributed by atoms with Gasteiger partial charge in [-0.15, -0.1) is 0 Å². The Morgan fingerprint density at radius 1 is 1.00 bits per heavy atom. The van der Waals surface area contributed by atoms with E-state index >= 15 is 0 Å². The SMILES string of the molecule is COc1ccc(-c2nc(N3CCCCCC3)nc3c2CCNC3)cc1. The minimum atomic E-state index is 0.835. The van der Waals surface area contributed by atoms with E-state index in [1.54, 1.807) is 7.11 Å². The molecule has 1 aromatic carbocycles. The molecule has 5 nitrogen and oxygen atoms in total. The highest BCUT2D eigenvalue weighted by molar-refractivity contribution is 5.66. The molecule has 0 atom stereocenters. The van der Waals surface area contributed by atoms with Crippen molar-refractivity contribution in [3.63, 3.8) is 0 Å². The molecule has 0 radical (unpaired) electrons. The van der Waals surface area contributed by atoms with E-state index in [4.69, 9.17) is 14.7 Å². The molecule has 1 fully saturated rings. The lowest BCUT2D eigenvalue weighted by molar-refractivity contribution is 0.415.